The van der Waals surface area contributed by atoms with Crippen molar-refractivity contribution in [3.05, 3.63) is 47.8 Å². The first-order chi connectivity index (χ1) is 12.9. The Bertz CT molecular complexity index is 785. The van der Waals surface area contributed by atoms with Crippen molar-refractivity contribution in [1.29, 1.82) is 0 Å². The Kier molecular flexibility index (Phi) is 7.29. The number of hydrogen-bond acceptors (Lipinski definition) is 5. The Balaban J connectivity index is 1.90. The van der Waals surface area contributed by atoms with E-state index in [4.69, 9.17) is 16.6 Å². The third kappa shape index (κ3) is 7.14. The number of guanidine groups is 1. The van der Waals surface area contributed by atoms with E-state index in [1.807, 2.05) is 6.07 Å². The van der Waals surface area contributed by atoms with Crippen LogP contribution < -0.4 is 16.8 Å². The van der Waals surface area contributed by atoms with E-state index >= 15 is 0 Å². The Hall–Kier alpha value is -3.43. The number of carboxylic acids is 1. The molecule has 2 aromatic rings. The molecule has 1 amide bonds. The van der Waals surface area contributed by atoms with Gasteiger partial charge in [-0.05, 0) is 18.4 Å². The molecule has 144 valence electrons. The number of nitrogens with one attached hydrogen (secondary N) is 1. The zero-order valence-electron chi connectivity index (χ0n) is 14.8. The molecule has 0 unspecified atom stereocenters. The zero-order valence-corrected chi connectivity index (χ0v) is 14.8. The van der Waals surface area contributed by atoms with Gasteiger partial charge in [-0.1, -0.05) is 35.5 Å². The number of carboxylic acid groups (broad SMARTS) is 1. The Morgan fingerprint density at radius 3 is 2.67 bits per heavy atom. The van der Waals surface area contributed by atoms with Gasteiger partial charge in [-0.2, -0.15) is 0 Å². The highest BCUT2D eigenvalue weighted by molar-refractivity contribution is 5.77. The van der Waals surface area contributed by atoms with Crippen molar-refractivity contribution < 1.29 is 14.7 Å². The first-order valence-electron chi connectivity index (χ1n) is 8.44. The van der Waals surface area contributed by atoms with Gasteiger partial charge in [0.1, 0.15) is 6.54 Å². The fourth-order valence-electron chi connectivity index (χ4n) is 2.50. The monoisotopic (exact) mass is 373 g/mol. The number of aliphatic imine (C=N–C) groups is 1. The highest BCUT2D eigenvalue weighted by Crippen LogP contribution is 2.16. The first-order valence-corrected chi connectivity index (χ1v) is 8.44. The maximum atomic E-state index is 12.3. The van der Waals surface area contributed by atoms with Gasteiger partial charge in [0.2, 0.25) is 5.91 Å². The number of carbonyl (C=O) groups excluding carboxylic acids is 1. The lowest BCUT2D eigenvalue weighted by molar-refractivity contribution is -0.137. The standard InChI is InChI=1S/C17H23N7O3/c18-17(19)20-8-4-7-13-10-24(23-22-13)11-15(25)21-14(9-16(26)27)12-5-2-1-3-6-12/h1-3,5-6,10,14H,4,7-9,11H2,(H,21,25)(H,26,27)(H4,18,19,20)/t14-/m0/s1. The molecular formula is C17H23N7O3. The molecule has 2 rings (SSSR count). The number of aromatic nitrogens is 3. The van der Waals surface area contributed by atoms with E-state index in [-0.39, 0.29) is 24.8 Å². The number of aliphatic carboxylic acids is 1. The van der Waals surface area contributed by atoms with Gasteiger partial charge in [0.25, 0.3) is 0 Å². The van der Waals surface area contributed by atoms with E-state index in [1.165, 1.54) is 4.68 Å². The lowest BCUT2D eigenvalue weighted by Crippen LogP contribution is -2.33. The van der Waals surface area contributed by atoms with Crippen LogP contribution in [0.5, 0.6) is 0 Å². The van der Waals surface area contributed by atoms with Crippen molar-refractivity contribution in [1.82, 2.24) is 20.3 Å². The predicted octanol–water partition coefficient (Wildman–Crippen LogP) is -0.184. The van der Waals surface area contributed by atoms with Crippen LogP contribution in [0.15, 0.2) is 41.5 Å². The van der Waals surface area contributed by atoms with Crippen LogP contribution in [0.1, 0.15) is 30.1 Å². The van der Waals surface area contributed by atoms with Gasteiger partial charge >= 0.3 is 5.97 Å². The molecule has 0 bridgehead atoms. The summed E-state index contributed by atoms with van der Waals surface area (Å²) < 4.78 is 1.41. The molecule has 0 aliphatic heterocycles. The topological polar surface area (TPSA) is 162 Å². The largest absolute Gasteiger partial charge is 0.481 e. The fourth-order valence-corrected chi connectivity index (χ4v) is 2.50. The lowest BCUT2D eigenvalue weighted by Gasteiger charge is -2.17. The van der Waals surface area contributed by atoms with E-state index in [0.29, 0.717) is 19.4 Å². The number of aryl methyl sites for hydroxylation is 1. The second-order valence-electron chi connectivity index (χ2n) is 5.95. The van der Waals surface area contributed by atoms with Crippen molar-refractivity contribution in [2.75, 3.05) is 6.54 Å². The zero-order chi connectivity index (χ0) is 19.6. The quantitative estimate of drug-likeness (QED) is 0.255. The van der Waals surface area contributed by atoms with Crippen LogP contribution in [0.4, 0.5) is 0 Å². The summed E-state index contributed by atoms with van der Waals surface area (Å²) in [5, 5.41) is 19.7. The summed E-state index contributed by atoms with van der Waals surface area (Å²) >= 11 is 0. The highest BCUT2D eigenvalue weighted by atomic mass is 16.4. The Morgan fingerprint density at radius 2 is 2.00 bits per heavy atom. The number of hydrogen-bond donors (Lipinski definition) is 4. The average molecular weight is 373 g/mol. The maximum absolute atomic E-state index is 12.3. The number of nitrogens with zero attached hydrogens (tertiary/aromatic N) is 4. The minimum Gasteiger partial charge on any atom is -0.481 e. The molecule has 0 saturated carbocycles. The van der Waals surface area contributed by atoms with Gasteiger partial charge in [0.15, 0.2) is 5.96 Å². The van der Waals surface area contributed by atoms with E-state index in [2.05, 4.69) is 20.6 Å². The Morgan fingerprint density at radius 1 is 1.26 bits per heavy atom. The molecule has 0 aliphatic carbocycles. The summed E-state index contributed by atoms with van der Waals surface area (Å²) in [6.45, 7) is 0.438. The van der Waals surface area contributed by atoms with Gasteiger partial charge in [-0.25, -0.2) is 4.68 Å². The molecule has 0 radical (unpaired) electrons. The second-order valence-corrected chi connectivity index (χ2v) is 5.95. The van der Waals surface area contributed by atoms with E-state index in [0.717, 1.165) is 11.3 Å². The molecule has 1 heterocycles. The molecular weight excluding hydrogens is 350 g/mol. The molecule has 10 nitrogen and oxygen atoms in total. The maximum Gasteiger partial charge on any atom is 0.305 e. The molecule has 0 aliphatic rings. The second kappa shape index (κ2) is 9.90. The van der Waals surface area contributed by atoms with Crippen LogP contribution in [0.2, 0.25) is 0 Å². The molecule has 1 aromatic heterocycles. The van der Waals surface area contributed by atoms with Crippen molar-refractivity contribution in [2.24, 2.45) is 16.5 Å². The van der Waals surface area contributed by atoms with Gasteiger partial charge in [0.05, 0.1) is 18.2 Å². The minimum absolute atomic E-state index is 0.0460. The molecule has 0 spiro atoms. The predicted molar refractivity (Wildman–Crippen MR) is 98.6 cm³/mol. The summed E-state index contributed by atoms with van der Waals surface area (Å²) in [5.41, 5.74) is 12.0. The number of rotatable bonds is 10. The van der Waals surface area contributed by atoms with Crippen LogP contribution in [0.3, 0.4) is 0 Å². The van der Waals surface area contributed by atoms with E-state index in [1.54, 1.807) is 30.5 Å². The van der Waals surface area contributed by atoms with Crippen molar-refractivity contribution >= 4 is 17.8 Å². The van der Waals surface area contributed by atoms with Crippen LogP contribution in [-0.4, -0.2) is 44.5 Å². The molecule has 27 heavy (non-hydrogen) atoms. The molecule has 10 heteroatoms. The summed E-state index contributed by atoms with van der Waals surface area (Å²) in [6, 6.07) is 8.35. The number of carbonyl (C=O) groups is 2. The molecule has 1 aromatic carbocycles. The van der Waals surface area contributed by atoms with Gasteiger partial charge in [0, 0.05) is 12.7 Å². The molecule has 0 saturated heterocycles. The van der Waals surface area contributed by atoms with Crippen molar-refractivity contribution in [2.45, 2.75) is 31.8 Å². The normalized spacial score (nSPS) is 11.6. The summed E-state index contributed by atoms with van der Waals surface area (Å²) in [6.07, 6.45) is 2.80. The number of benzene rings is 1. The first kappa shape index (κ1) is 19.9. The number of nitrogens with two attached hydrogens (primary N) is 2. The average Bonchev–Trinajstić information content (AvgIpc) is 3.05. The minimum atomic E-state index is -0.993. The summed E-state index contributed by atoms with van der Waals surface area (Å²) in [5.74, 6) is -1.29. The third-order valence-electron chi connectivity index (χ3n) is 3.69. The summed E-state index contributed by atoms with van der Waals surface area (Å²) in [4.78, 5) is 27.3. The van der Waals surface area contributed by atoms with Gasteiger partial charge < -0.3 is 21.9 Å². The Labute approximate surface area is 156 Å². The number of amides is 1. The van der Waals surface area contributed by atoms with Crippen LogP contribution in [0, 0.1) is 0 Å². The van der Waals surface area contributed by atoms with E-state index < -0.39 is 12.0 Å². The molecule has 0 fully saturated rings. The van der Waals surface area contributed by atoms with Crippen LogP contribution >= 0.6 is 0 Å². The molecule has 6 N–H and O–H groups in total. The SMILES string of the molecule is NC(N)=NCCCc1cn(CC(=O)N[C@@H](CC(=O)O)c2ccccc2)nn1. The molecule has 1 atom stereocenters. The fraction of sp³-hybridized carbons (Fsp3) is 0.353. The van der Waals surface area contributed by atoms with Crippen molar-refractivity contribution in [3.8, 4) is 0 Å². The highest BCUT2D eigenvalue weighted by Gasteiger charge is 2.18. The van der Waals surface area contributed by atoms with Crippen LogP contribution in [0.25, 0.3) is 0 Å². The summed E-state index contributed by atoms with van der Waals surface area (Å²) in [7, 11) is 0. The lowest BCUT2D eigenvalue weighted by atomic mass is 10.0. The van der Waals surface area contributed by atoms with Crippen molar-refractivity contribution in [3.63, 3.8) is 0 Å². The van der Waals surface area contributed by atoms with Gasteiger partial charge in [-0.3, -0.25) is 14.6 Å². The third-order valence-corrected chi connectivity index (χ3v) is 3.69. The van der Waals surface area contributed by atoms with E-state index in [9.17, 15) is 9.59 Å². The smallest absolute Gasteiger partial charge is 0.305 e. The van der Waals surface area contributed by atoms with Crippen LogP contribution in [-0.2, 0) is 22.6 Å². The van der Waals surface area contributed by atoms with Gasteiger partial charge in [-0.15, -0.1) is 5.10 Å².